The van der Waals surface area contributed by atoms with E-state index in [-0.39, 0.29) is 5.69 Å². The van der Waals surface area contributed by atoms with Gasteiger partial charge in [-0.3, -0.25) is 10.1 Å². The highest BCUT2D eigenvalue weighted by Crippen LogP contribution is 2.20. The van der Waals surface area contributed by atoms with Crippen molar-refractivity contribution in [1.82, 2.24) is 4.98 Å². The van der Waals surface area contributed by atoms with E-state index in [1.807, 2.05) is 0 Å². The van der Waals surface area contributed by atoms with E-state index < -0.39 is 10.9 Å². The number of nitrogens with zero attached hydrogens (tertiary/aromatic N) is 2. The maximum atomic E-state index is 11.3. The first kappa shape index (κ1) is 12.7. The van der Waals surface area contributed by atoms with Gasteiger partial charge in [0.05, 0.1) is 23.3 Å². The molecule has 6 nitrogen and oxygen atoms in total. The number of hydrogen-bond donors (Lipinski definition) is 0. The lowest BCUT2D eigenvalue weighted by Crippen LogP contribution is -2.00. The summed E-state index contributed by atoms with van der Waals surface area (Å²) in [5.74, 6) is -0.414. The number of pyridine rings is 1. The predicted molar refractivity (Wildman–Crippen MR) is 67.7 cm³/mol. The Bertz CT molecular complexity index is 606. The van der Waals surface area contributed by atoms with Crippen LogP contribution in [0, 0.1) is 10.1 Å². The first-order chi connectivity index (χ1) is 9.11. The van der Waals surface area contributed by atoms with Gasteiger partial charge in [0.15, 0.2) is 0 Å². The lowest BCUT2D eigenvalue weighted by molar-refractivity contribution is -0.385. The number of ether oxygens (including phenoxy) is 1. The number of carbonyl (C=O) groups is 1. The van der Waals surface area contributed by atoms with Crippen LogP contribution < -0.4 is 0 Å². The molecule has 96 valence electrons. The Morgan fingerprint density at radius 3 is 2.37 bits per heavy atom. The van der Waals surface area contributed by atoms with Crippen molar-refractivity contribution in [3.05, 3.63) is 58.3 Å². The summed E-state index contributed by atoms with van der Waals surface area (Å²) in [5, 5.41) is 10.5. The fourth-order valence-electron chi connectivity index (χ4n) is 1.56. The zero-order valence-electron chi connectivity index (χ0n) is 10.1. The van der Waals surface area contributed by atoms with Gasteiger partial charge in [-0.25, -0.2) is 9.78 Å². The van der Waals surface area contributed by atoms with Crippen LogP contribution in [0.1, 0.15) is 10.4 Å². The molecule has 0 saturated carbocycles. The molecular weight excluding hydrogens is 248 g/mol. The van der Waals surface area contributed by atoms with Gasteiger partial charge in [-0.2, -0.15) is 0 Å². The van der Waals surface area contributed by atoms with Gasteiger partial charge in [0.1, 0.15) is 6.20 Å². The number of methoxy groups -OCH3 is 1. The van der Waals surface area contributed by atoms with Gasteiger partial charge in [0.2, 0.25) is 0 Å². The average Bonchev–Trinajstić information content (AvgIpc) is 2.46. The van der Waals surface area contributed by atoms with E-state index in [0.717, 1.165) is 5.56 Å². The number of aromatic nitrogens is 1. The quantitative estimate of drug-likeness (QED) is 0.479. The summed E-state index contributed by atoms with van der Waals surface area (Å²) in [5.41, 5.74) is 1.74. The van der Waals surface area contributed by atoms with Crippen molar-refractivity contribution in [3.8, 4) is 11.3 Å². The minimum atomic E-state index is -0.503. The van der Waals surface area contributed by atoms with Gasteiger partial charge in [0, 0.05) is 11.6 Å². The third kappa shape index (κ3) is 2.74. The second-order valence-corrected chi connectivity index (χ2v) is 3.73. The normalized spacial score (nSPS) is 9.95. The lowest BCUT2D eigenvalue weighted by atomic mass is 10.1. The van der Waals surface area contributed by atoms with E-state index in [4.69, 9.17) is 0 Å². The maximum Gasteiger partial charge on any atom is 0.337 e. The highest BCUT2D eigenvalue weighted by Gasteiger charge is 2.08. The predicted octanol–water partition coefficient (Wildman–Crippen LogP) is 2.44. The third-order valence-corrected chi connectivity index (χ3v) is 2.56. The van der Waals surface area contributed by atoms with Gasteiger partial charge in [-0.15, -0.1) is 0 Å². The van der Waals surface area contributed by atoms with Crippen molar-refractivity contribution >= 4 is 11.7 Å². The summed E-state index contributed by atoms with van der Waals surface area (Å²) in [6.45, 7) is 0. The van der Waals surface area contributed by atoms with Crippen molar-refractivity contribution < 1.29 is 14.5 Å². The minimum Gasteiger partial charge on any atom is -0.465 e. The Kier molecular flexibility index (Phi) is 3.51. The average molecular weight is 258 g/mol. The van der Waals surface area contributed by atoms with Crippen molar-refractivity contribution in [1.29, 1.82) is 0 Å². The Morgan fingerprint density at radius 1 is 1.21 bits per heavy atom. The molecule has 0 fully saturated rings. The fourth-order valence-corrected chi connectivity index (χ4v) is 1.56. The van der Waals surface area contributed by atoms with E-state index in [1.165, 1.54) is 19.4 Å². The second kappa shape index (κ2) is 5.26. The molecule has 1 aromatic carbocycles. The summed E-state index contributed by atoms with van der Waals surface area (Å²) in [7, 11) is 1.31. The molecule has 1 aromatic heterocycles. The molecule has 0 bridgehead atoms. The maximum absolute atomic E-state index is 11.3. The van der Waals surface area contributed by atoms with Crippen LogP contribution in [0.2, 0.25) is 0 Å². The van der Waals surface area contributed by atoms with E-state index in [9.17, 15) is 14.9 Å². The number of esters is 1. The molecule has 0 saturated heterocycles. The van der Waals surface area contributed by atoms with Crippen molar-refractivity contribution in [2.24, 2.45) is 0 Å². The van der Waals surface area contributed by atoms with Gasteiger partial charge in [0.25, 0.3) is 5.69 Å². The molecule has 6 heteroatoms. The SMILES string of the molecule is COC(=O)c1ccc(-c2ccc([N+](=O)[O-])cn2)cc1. The molecule has 0 aliphatic rings. The third-order valence-electron chi connectivity index (χ3n) is 2.56. The number of hydrogen-bond acceptors (Lipinski definition) is 5. The summed E-state index contributed by atoms with van der Waals surface area (Å²) >= 11 is 0. The molecule has 0 aliphatic heterocycles. The Morgan fingerprint density at radius 2 is 1.89 bits per heavy atom. The number of benzene rings is 1. The molecular formula is C13H10N2O4. The molecule has 2 rings (SSSR count). The molecule has 0 aliphatic carbocycles. The van der Waals surface area contributed by atoms with Gasteiger partial charge < -0.3 is 4.74 Å². The lowest BCUT2D eigenvalue weighted by Gasteiger charge is -2.02. The highest BCUT2D eigenvalue weighted by molar-refractivity contribution is 5.89. The Balaban J connectivity index is 2.27. The summed E-state index contributed by atoms with van der Waals surface area (Å²) in [6, 6.07) is 9.59. The second-order valence-electron chi connectivity index (χ2n) is 3.73. The molecule has 0 amide bonds. The molecule has 0 radical (unpaired) electrons. The topological polar surface area (TPSA) is 82.3 Å². The summed E-state index contributed by atoms with van der Waals surface area (Å²) < 4.78 is 4.59. The van der Waals surface area contributed by atoms with E-state index >= 15 is 0 Å². The van der Waals surface area contributed by atoms with Crippen LogP contribution in [0.4, 0.5) is 5.69 Å². The molecule has 19 heavy (non-hydrogen) atoms. The summed E-state index contributed by atoms with van der Waals surface area (Å²) in [4.78, 5) is 25.3. The van der Waals surface area contributed by atoms with Gasteiger partial charge in [-0.05, 0) is 18.2 Å². The van der Waals surface area contributed by atoms with Crippen LogP contribution in [-0.2, 0) is 4.74 Å². The van der Waals surface area contributed by atoms with Crippen molar-refractivity contribution in [2.45, 2.75) is 0 Å². The zero-order valence-corrected chi connectivity index (χ0v) is 10.1. The molecule has 1 heterocycles. The number of carbonyl (C=O) groups excluding carboxylic acids is 1. The van der Waals surface area contributed by atoms with Gasteiger partial charge in [-0.1, -0.05) is 12.1 Å². The first-order valence-corrected chi connectivity index (χ1v) is 5.41. The number of rotatable bonds is 3. The van der Waals surface area contributed by atoms with E-state index in [1.54, 1.807) is 30.3 Å². The van der Waals surface area contributed by atoms with Crippen LogP contribution >= 0.6 is 0 Å². The largest absolute Gasteiger partial charge is 0.465 e. The van der Waals surface area contributed by atoms with Crippen molar-refractivity contribution in [3.63, 3.8) is 0 Å². The fraction of sp³-hybridized carbons (Fsp3) is 0.0769. The molecule has 0 N–H and O–H groups in total. The Labute approximate surface area is 108 Å². The van der Waals surface area contributed by atoms with Crippen LogP contribution in [0.5, 0.6) is 0 Å². The highest BCUT2D eigenvalue weighted by atomic mass is 16.6. The molecule has 0 unspecified atom stereocenters. The first-order valence-electron chi connectivity index (χ1n) is 5.41. The van der Waals surface area contributed by atoms with E-state index in [2.05, 4.69) is 9.72 Å². The molecule has 2 aromatic rings. The monoisotopic (exact) mass is 258 g/mol. The number of nitro groups is 1. The standard InChI is InChI=1S/C13H10N2O4/c1-19-13(16)10-4-2-9(3-5-10)12-7-6-11(8-14-12)15(17)18/h2-8H,1H3. The minimum absolute atomic E-state index is 0.0602. The van der Waals surface area contributed by atoms with Crippen LogP contribution in [0.25, 0.3) is 11.3 Å². The van der Waals surface area contributed by atoms with Gasteiger partial charge >= 0.3 is 5.97 Å². The smallest absolute Gasteiger partial charge is 0.337 e. The molecule has 0 atom stereocenters. The molecule has 0 spiro atoms. The van der Waals surface area contributed by atoms with E-state index in [0.29, 0.717) is 11.3 Å². The van der Waals surface area contributed by atoms with Crippen LogP contribution in [0.15, 0.2) is 42.6 Å². The van der Waals surface area contributed by atoms with Crippen LogP contribution in [-0.4, -0.2) is 23.0 Å². The van der Waals surface area contributed by atoms with Crippen molar-refractivity contribution in [2.75, 3.05) is 7.11 Å². The Hall–Kier alpha value is -2.76. The van der Waals surface area contributed by atoms with Crippen LogP contribution in [0.3, 0.4) is 0 Å². The summed E-state index contributed by atoms with van der Waals surface area (Å²) in [6.07, 6.45) is 1.20. The zero-order chi connectivity index (χ0) is 13.8.